The number of nitrogens with zero attached hydrogens (tertiary/aromatic N) is 1. The SMILES string of the molecule is C[C@H](NC(=O)[C@H]1CCCO1)[C@H](Oc1ccc(C(=O)O[C@H]2CCCN(C(=O)[C@H]3COC(=[OH+])C3)C2)cc1)c1ccc(C2CC2)cc1. The molecule has 4 aliphatic rings. The maximum Gasteiger partial charge on any atom is 0.483 e. The standard InChI is InChI=1S/C34H40N2O8/c1-21(35-32(38)29-5-3-17-41-29)31(24-10-8-23(9-11-24)22-6-7-22)43-27-14-12-25(13-15-27)34(40)44-28-4-2-16-36(19-28)33(39)26-18-30(37)42-20-26/h8-15,21-22,26,28-29,31H,2-7,16-20H2,1H3,(H,35,38)/p+1/t21-,26+,28-,29+,31-/m0/s1. The zero-order chi connectivity index (χ0) is 30.6. The number of cyclic esters (lactones) is 1. The fourth-order valence-electron chi connectivity index (χ4n) is 6.22. The van der Waals surface area contributed by atoms with E-state index in [0.29, 0.717) is 49.8 Å². The van der Waals surface area contributed by atoms with E-state index in [1.165, 1.54) is 18.4 Å². The molecule has 2 aromatic rings. The molecule has 2 N–H and O–H groups in total. The van der Waals surface area contributed by atoms with Gasteiger partial charge in [0, 0.05) is 13.2 Å². The first-order valence-corrected chi connectivity index (χ1v) is 15.8. The van der Waals surface area contributed by atoms with Gasteiger partial charge in [-0.05, 0) is 86.8 Å². The third-order valence-corrected chi connectivity index (χ3v) is 8.90. The zero-order valence-corrected chi connectivity index (χ0v) is 25.1. The van der Waals surface area contributed by atoms with E-state index >= 15 is 0 Å². The van der Waals surface area contributed by atoms with Crippen LogP contribution in [0.3, 0.4) is 0 Å². The molecule has 0 spiro atoms. The van der Waals surface area contributed by atoms with Crippen LogP contribution in [0.1, 0.15) is 85.4 Å². The van der Waals surface area contributed by atoms with E-state index in [4.69, 9.17) is 18.9 Å². The minimum Gasteiger partial charge on any atom is -0.484 e. The molecular formula is C34H41N2O8+. The van der Waals surface area contributed by atoms with Gasteiger partial charge >= 0.3 is 11.9 Å². The largest absolute Gasteiger partial charge is 0.484 e. The van der Waals surface area contributed by atoms with E-state index in [1.807, 2.05) is 6.92 Å². The molecule has 10 heteroatoms. The van der Waals surface area contributed by atoms with Crippen molar-refractivity contribution in [2.45, 2.75) is 82.1 Å². The lowest BCUT2D eigenvalue weighted by Gasteiger charge is -2.33. The van der Waals surface area contributed by atoms with Crippen LogP contribution >= 0.6 is 0 Å². The Bertz CT molecular complexity index is 1350. The number of rotatable bonds is 10. The molecule has 1 saturated carbocycles. The third-order valence-electron chi connectivity index (χ3n) is 8.90. The molecule has 1 aliphatic carbocycles. The Balaban J connectivity index is 1.08. The molecule has 3 heterocycles. The predicted molar refractivity (Wildman–Crippen MR) is 161 cm³/mol. The van der Waals surface area contributed by atoms with Crippen LogP contribution in [0.15, 0.2) is 48.5 Å². The molecule has 3 saturated heterocycles. The highest BCUT2D eigenvalue weighted by Crippen LogP contribution is 2.40. The van der Waals surface area contributed by atoms with Crippen molar-refractivity contribution in [3.63, 3.8) is 0 Å². The summed E-state index contributed by atoms with van der Waals surface area (Å²) >= 11 is 0. The Morgan fingerprint density at radius 2 is 1.77 bits per heavy atom. The molecule has 10 nitrogen and oxygen atoms in total. The van der Waals surface area contributed by atoms with Crippen molar-refractivity contribution in [2.24, 2.45) is 5.92 Å². The molecule has 0 unspecified atom stereocenters. The Morgan fingerprint density at radius 1 is 1.00 bits per heavy atom. The molecule has 44 heavy (non-hydrogen) atoms. The van der Waals surface area contributed by atoms with E-state index < -0.39 is 30.2 Å². The molecule has 0 bridgehead atoms. The number of amides is 2. The molecule has 0 radical (unpaired) electrons. The Kier molecular flexibility index (Phi) is 9.16. The number of esters is 2. The minimum absolute atomic E-state index is 0.0887. The number of hydrogen-bond donors (Lipinski definition) is 1. The lowest BCUT2D eigenvalue weighted by atomic mass is 10.00. The summed E-state index contributed by atoms with van der Waals surface area (Å²) in [4.78, 5) is 49.9. The molecule has 234 valence electrons. The Hall–Kier alpha value is -3.92. The van der Waals surface area contributed by atoms with Crippen LogP contribution in [-0.2, 0) is 23.8 Å². The lowest BCUT2D eigenvalue weighted by molar-refractivity contribution is -0.138. The highest BCUT2D eigenvalue weighted by atomic mass is 16.5. The summed E-state index contributed by atoms with van der Waals surface area (Å²) in [5.74, 6) is 0.0105. The van der Waals surface area contributed by atoms with Crippen molar-refractivity contribution in [1.29, 1.82) is 0 Å². The van der Waals surface area contributed by atoms with Gasteiger partial charge in [0.2, 0.25) is 11.8 Å². The van der Waals surface area contributed by atoms with Crippen LogP contribution in [0.2, 0.25) is 0 Å². The minimum atomic E-state index is -0.463. The average molecular weight is 606 g/mol. The third kappa shape index (κ3) is 7.23. The highest BCUT2D eigenvalue weighted by Gasteiger charge is 2.40. The molecular weight excluding hydrogens is 564 g/mol. The molecule has 6 rings (SSSR count). The van der Waals surface area contributed by atoms with Crippen LogP contribution in [-0.4, -0.2) is 78.0 Å². The monoisotopic (exact) mass is 605 g/mol. The number of benzene rings is 2. The fraction of sp³-hybridized carbons (Fsp3) is 0.529. The molecule has 4 fully saturated rings. The van der Waals surface area contributed by atoms with Gasteiger partial charge in [0.15, 0.2) is 6.61 Å². The molecule has 5 atom stereocenters. The van der Waals surface area contributed by atoms with Gasteiger partial charge in [-0.3, -0.25) is 9.59 Å². The zero-order valence-electron chi connectivity index (χ0n) is 25.1. The van der Waals surface area contributed by atoms with Gasteiger partial charge < -0.3 is 34.0 Å². The van der Waals surface area contributed by atoms with Crippen LogP contribution in [0.5, 0.6) is 5.75 Å². The van der Waals surface area contributed by atoms with Crippen molar-refractivity contribution in [2.75, 3.05) is 26.3 Å². The van der Waals surface area contributed by atoms with Crippen LogP contribution < -0.4 is 10.1 Å². The fourth-order valence-corrected chi connectivity index (χ4v) is 6.22. The van der Waals surface area contributed by atoms with Crippen molar-refractivity contribution in [3.05, 3.63) is 65.2 Å². The van der Waals surface area contributed by atoms with Gasteiger partial charge in [-0.1, -0.05) is 24.3 Å². The second-order valence-corrected chi connectivity index (χ2v) is 12.4. The molecule has 0 aromatic heterocycles. The van der Waals surface area contributed by atoms with E-state index in [2.05, 4.69) is 29.6 Å². The number of carbonyl (C=O) groups excluding carboxylic acids is 4. The van der Waals surface area contributed by atoms with Crippen LogP contribution in [0.25, 0.3) is 0 Å². The number of likely N-dealkylation sites (tertiary alicyclic amines) is 1. The summed E-state index contributed by atoms with van der Waals surface area (Å²) in [5.41, 5.74) is 2.66. The first-order chi connectivity index (χ1) is 21.3. The predicted octanol–water partition coefficient (Wildman–Crippen LogP) is 4.05. The van der Waals surface area contributed by atoms with Crippen molar-refractivity contribution in [1.82, 2.24) is 10.2 Å². The second kappa shape index (κ2) is 13.4. The summed E-state index contributed by atoms with van der Waals surface area (Å²) in [6.07, 6.45) is 4.34. The normalized spacial score (nSPS) is 24.7. The number of nitrogens with one attached hydrogen (secondary N) is 1. The van der Waals surface area contributed by atoms with Gasteiger partial charge in [0.1, 0.15) is 36.4 Å². The Morgan fingerprint density at radius 3 is 2.43 bits per heavy atom. The maximum absolute atomic E-state index is 13.0. The van der Waals surface area contributed by atoms with E-state index in [0.717, 1.165) is 18.4 Å². The van der Waals surface area contributed by atoms with Crippen molar-refractivity contribution in [3.8, 4) is 5.75 Å². The maximum atomic E-state index is 13.0. The summed E-state index contributed by atoms with van der Waals surface area (Å²) in [5, 5.41) is 3.09. The van der Waals surface area contributed by atoms with E-state index in [1.54, 1.807) is 29.2 Å². The van der Waals surface area contributed by atoms with Gasteiger partial charge in [-0.2, -0.15) is 0 Å². The molecule has 2 aromatic carbocycles. The number of carbonyl (C=O) groups is 3. The summed E-state index contributed by atoms with van der Waals surface area (Å²) < 4.78 is 22.8. The quantitative estimate of drug-likeness (QED) is 0.320. The lowest BCUT2D eigenvalue weighted by Crippen LogP contribution is -2.46. The smallest absolute Gasteiger partial charge is 0.483 e. The highest BCUT2D eigenvalue weighted by molar-refractivity contribution is 5.90. The van der Waals surface area contributed by atoms with Gasteiger partial charge in [0.05, 0.1) is 18.2 Å². The average Bonchev–Trinajstić information content (AvgIpc) is 3.55. The van der Waals surface area contributed by atoms with Gasteiger partial charge in [0.25, 0.3) is 0 Å². The number of hydrogen-bond acceptors (Lipinski definition) is 7. The van der Waals surface area contributed by atoms with Crippen LogP contribution in [0.4, 0.5) is 0 Å². The summed E-state index contributed by atoms with van der Waals surface area (Å²) in [7, 11) is 0. The first kappa shape index (κ1) is 30.1. The van der Waals surface area contributed by atoms with Crippen molar-refractivity contribution >= 4 is 23.8 Å². The topological polar surface area (TPSA) is 125 Å². The Labute approximate surface area is 257 Å². The number of piperidine rings is 1. The molecule has 2 amide bonds. The van der Waals surface area contributed by atoms with E-state index in [-0.39, 0.29) is 36.9 Å². The van der Waals surface area contributed by atoms with E-state index in [9.17, 15) is 19.2 Å². The number of ether oxygens (including phenoxy) is 4. The second-order valence-electron chi connectivity index (χ2n) is 12.4. The van der Waals surface area contributed by atoms with Crippen LogP contribution in [0, 0.1) is 5.92 Å². The summed E-state index contributed by atoms with van der Waals surface area (Å²) in [6, 6.07) is 14.9. The van der Waals surface area contributed by atoms with Crippen molar-refractivity contribution < 1.29 is 38.1 Å². The first-order valence-electron chi connectivity index (χ1n) is 15.8. The summed E-state index contributed by atoms with van der Waals surface area (Å²) in [6.45, 7) is 3.61. The van der Waals surface area contributed by atoms with Gasteiger partial charge in [-0.15, -0.1) is 0 Å². The molecule has 3 aliphatic heterocycles. The van der Waals surface area contributed by atoms with Gasteiger partial charge in [-0.25, -0.2) is 4.79 Å².